The Kier molecular flexibility index (Phi) is 5.90. The second-order valence-electron chi connectivity index (χ2n) is 7.88. The number of benzene rings is 2. The van der Waals surface area contributed by atoms with Crippen LogP contribution in [0.15, 0.2) is 42.5 Å². The molecule has 0 aromatic heterocycles. The molecule has 2 saturated heterocycles. The minimum atomic E-state index is -0.992. The van der Waals surface area contributed by atoms with Crippen molar-refractivity contribution in [2.45, 2.75) is 6.42 Å². The van der Waals surface area contributed by atoms with Gasteiger partial charge in [0.2, 0.25) is 17.6 Å². The minimum absolute atomic E-state index is 0.00880. The van der Waals surface area contributed by atoms with Gasteiger partial charge in [0.25, 0.3) is 5.69 Å². The molecular formula is C21H20FN5O6. The zero-order valence-corrected chi connectivity index (χ0v) is 17.4. The van der Waals surface area contributed by atoms with E-state index in [1.54, 1.807) is 17.0 Å². The van der Waals surface area contributed by atoms with Gasteiger partial charge in [-0.05, 0) is 24.3 Å². The third-order valence-corrected chi connectivity index (χ3v) is 5.93. The molecular weight excluding hydrogens is 437 g/mol. The Hall–Kier alpha value is -4.09. The van der Waals surface area contributed by atoms with Crippen LogP contribution in [0.2, 0.25) is 0 Å². The van der Waals surface area contributed by atoms with E-state index in [4.69, 9.17) is 0 Å². The van der Waals surface area contributed by atoms with Gasteiger partial charge in [-0.25, -0.2) is 0 Å². The van der Waals surface area contributed by atoms with Gasteiger partial charge < -0.3 is 14.7 Å². The summed E-state index contributed by atoms with van der Waals surface area (Å²) in [6.07, 6.45) is -0.0213. The number of amides is 2. The zero-order chi connectivity index (χ0) is 23.7. The van der Waals surface area contributed by atoms with Crippen molar-refractivity contribution in [1.29, 1.82) is 0 Å². The predicted octanol–water partition coefficient (Wildman–Crippen LogP) is 2.34. The number of nitrogens with zero attached hydrogens (tertiary/aromatic N) is 5. The monoisotopic (exact) mass is 457 g/mol. The number of hydrogen-bond acceptors (Lipinski definition) is 7. The number of halogens is 1. The molecule has 2 aliphatic heterocycles. The van der Waals surface area contributed by atoms with Gasteiger partial charge >= 0.3 is 5.69 Å². The van der Waals surface area contributed by atoms with Crippen molar-refractivity contribution in [1.82, 2.24) is 4.90 Å². The molecule has 11 nitrogen and oxygen atoms in total. The maximum Gasteiger partial charge on any atom is 0.306 e. The van der Waals surface area contributed by atoms with Gasteiger partial charge in [0.05, 0.1) is 21.5 Å². The molecule has 1 unspecified atom stereocenters. The number of anilines is 2. The van der Waals surface area contributed by atoms with Crippen molar-refractivity contribution >= 4 is 34.6 Å². The van der Waals surface area contributed by atoms with Crippen LogP contribution in [0.25, 0.3) is 0 Å². The molecule has 0 N–H and O–H groups in total. The number of nitro benzene ring substituents is 2. The van der Waals surface area contributed by atoms with Crippen LogP contribution < -0.4 is 9.80 Å². The van der Waals surface area contributed by atoms with E-state index in [1.165, 1.54) is 23.1 Å². The lowest BCUT2D eigenvalue weighted by molar-refractivity contribution is -0.387. The van der Waals surface area contributed by atoms with Gasteiger partial charge in [0, 0.05) is 63.0 Å². The van der Waals surface area contributed by atoms with Gasteiger partial charge in [-0.3, -0.25) is 29.8 Å². The van der Waals surface area contributed by atoms with E-state index < -0.39 is 27.3 Å². The van der Waals surface area contributed by atoms with E-state index in [1.807, 2.05) is 4.90 Å². The van der Waals surface area contributed by atoms with Crippen molar-refractivity contribution in [2.24, 2.45) is 5.92 Å². The van der Waals surface area contributed by atoms with E-state index in [0.717, 1.165) is 17.8 Å². The van der Waals surface area contributed by atoms with Crippen molar-refractivity contribution < 1.29 is 23.8 Å². The molecule has 4 rings (SSSR count). The molecule has 0 bridgehead atoms. The Labute approximate surface area is 187 Å². The molecule has 0 radical (unpaired) electrons. The summed E-state index contributed by atoms with van der Waals surface area (Å²) in [6, 6.07) is 9.44. The van der Waals surface area contributed by atoms with E-state index >= 15 is 0 Å². The molecule has 2 aromatic rings. The first-order valence-corrected chi connectivity index (χ1v) is 10.3. The van der Waals surface area contributed by atoms with Gasteiger partial charge in [-0.2, -0.15) is 4.39 Å². The van der Waals surface area contributed by atoms with Crippen molar-refractivity contribution in [3.8, 4) is 0 Å². The summed E-state index contributed by atoms with van der Waals surface area (Å²) < 4.78 is 13.6. The van der Waals surface area contributed by atoms with Crippen molar-refractivity contribution in [3.63, 3.8) is 0 Å². The molecule has 2 aliphatic rings. The highest BCUT2D eigenvalue weighted by atomic mass is 19.1. The smallest absolute Gasteiger partial charge is 0.306 e. The summed E-state index contributed by atoms with van der Waals surface area (Å²) in [7, 11) is 0. The van der Waals surface area contributed by atoms with E-state index in [9.17, 15) is 34.2 Å². The summed E-state index contributed by atoms with van der Waals surface area (Å²) in [5.41, 5.74) is 0.297. The third-order valence-electron chi connectivity index (χ3n) is 5.93. The summed E-state index contributed by atoms with van der Waals surface area (Å²) in [4.78, 5) is 50.9. The van der Waals surface area contributed by atoms with E-state index in [-0.39, 0.29) is 36.2 Å². The summed E-state index contributed by atoms with van der Waals surface area (Å²) in [5.74, 6) is -2.11. The minimum Gasteiger partial charge on any atom is -0.368 e. The molecule has 2 heterocycles. The number of nitro groups is 2. The molecule has 33 heavy (non-hydrogen) atoms. The first-order chi connectivity index (χ1) is 15.7. The van der Waals surface area contributed by atoms with Crippen LogP contribution in [0.5, 0.6) is 0 Å². The molecule has 0 spiro atoms. The van der Waals surface area contributed by atoms with Crippen molar-refractivity contribution in [3.05, 3.63) is 68.5 Å². The number of piperazine rings is 1. The first-order valence-electron chi connectivity index (χ1n) is 10.3. The Balaban J connectivity index is 1.38. The number of non-ortho nitro benzene ring substituents is 1. The summed E-state index contributed by atoms with van der Waals surface area (Å²) in [6.45, 7) is 2.02. The molecule has 0 aliphatic carbocycles. The zero-order valence-electron chi connectivity index (χ0n) is 17.4. The lowest BCUT2D eigenvalue weighted by atomic mass is 10.1. The number of carbonyl (C=O) groups is 2. The highest BCUT2D eigenvalue weighted by Gasteiger charge is 2.38. The van der Waals surface area contributed by atoms with Gasteiger partial charge in [0.15, 0.2) is 0 Å². The van der Waals surface area contributed by atoms with Gasteiger partial charge in [-0.15, -0.1) is 0 Å². The fourth-order valence-corrected chi connectivity index (χ4v) is 4.16. The largest absolute Gasteiger partial charge is 0.368 e. The molecule has 172 valence electrons. The highest BCUT2D eigenvalue weighted by molar-refractivity contribution is 6.00. The van der Waals surface area contributed by atoms with Crippen LogP contribution in [0.1, 0.15) is 6.42 Å². The topological polar surface area (TPSA) is 130 Å². The Morgan fingerprint density at radius 3 is 2.18 bits per heavy atom. The van der Waals surface area contributed by atoms with E-state index in [0.29, 0.717) is 26.2 Å². The summed E-state index contributed by atoms with van der Waals surface area (Å²) >= 11 is 0. The van der Waals surface area contributed by atoms with E-state index in [2.05, 4.69) is 0 Å². The molecule has 2 aromatic carbocycles. The molecule has 0 saturated carbocycles. The molecule has 12 heteroatoms. The van der Waals surface area contributed by atoms with Gasteiger partial charge in [0.1, 0.15) is 0 Å². The standard InChI is InChI=1S/C21H20FN5O6/c22-18-6-5-17(12-19(18)27(32)33)25-13-14(11-20(25)28)21(29)24-9-7-23(8-10-24)15-1-3-16(4-2-15)26(30)31/h1-6,12,14H,7-11,13H2. The van der Waals surface area contributed by atoms with Crippen LogP contribution in [0.3, 0.4) is 0 Å². The van der Waals surface area contributed by atoms with Crippen LogP contribution in [0, 0.1) is 32.0 Å². The van der Waals surface area contributed by atoms with Gasteiger partial charge in [-0.1, -0.05) is 0 Å². The molecule has 2 fully saturated rings. The van der Waals surface area contributed by atoms with Crippen LogP contribution in [-0.4, -0.2) is 59.3 Å². The Morgan fingerprint density at radius 2 is 1.58 bits per heavy atom. The predicted molar refractivity (Wildman–Crippen MR) is 115 cm³/mol. The quantitative estimate of drug-likeness (QED) is 0.498. The molecule has 2 amide bonds. The Bertz CT molecular complexity index is 1120. The lowest BCUT2D eigenvalue weighted by Gasteiger charge is -2.37. The normalized spacial score (nSPS) is 18.5. The second kappa shape index (κ2) is 8.81. The average Bonchev–Trinajstić information content (AvgIpc) is 3.20. The Morgan fingerprint density at radius 1 is 0.939 bits per heavy atom. The third kappa shape index (κ3) is 4.45. The maximum atomic E-state index is 13.6. The van der Waals surface area contributed by atoms with Crippen molar-refractivity contribution in [2.75, 3.05) is 42.5 Å². The number of hydrogen-bond donors (Lipinski definition) is 0. The number of carbonyl (C=O) groups excluding carboxylic acids is 2. The average molecular weight is 457 g/mol. The fraction of sp³-hybridized carbons (Fsp3) is 0.333. The molecule has 1 atom stereocenters. The second-order valence-corrected chi connectivity index (χ2v) is 7.88. The SMILES string of the molecule is O=C(C1CC(=O)N(c2ccc(F)c([N+](=O)[O-])c2)C1)N1CCN(c2ccc([N+](=O)[O-])cc2)CC1. The van der Waals surface area contributed by atoms with Crippen LogP contribution in [0.4, 0.5) is 27.1 Å². The maximum absolute atomic E-state index is 13.6. The summed E-state index contributed by atoms with van der Waals surface area (Å²) in [5, 5.41) is 21.8. The number of rotatable bonds is 5. The van der Waals surface area contributed by atoms with Crippen LogP contribution in [-0.2, 0) is 9.59 Å². The fourth-order valence-electron chi connectivity index (χ4n) is 4.16. The highest BCUT2D eigenvalue weighted by Crippen LogP contribution is 2.30. The lowest BCUT2D eigenvalue weighted by Crippen LogP contribution is -2.50. The van der Waals surface area contributed by atoms with Crippen LogP contribution >= 0.6 is 0 Å². The first kappa shape index (κ1) is 22.1.